The number of hydrogen-bond acceptors (Lipinski definition) is 5. The fourth-order valence-electron chi connectivity index (χ4n) is 4.23. The van der Waals surface area contributed by atoms with Crippen LogP contribution in [0.1, 0.15) is 49.5 Å². The van der Waals surface area contributed by atoms with Gasteiger partial charge in [0.1, 0.15) is 5.76 Å². The van der Waals surface area contributed by atoms with Crippen molar-refractivity contribution in [2.24, 2.45) is 5.41 Å². The lowest BCUT2D eigenvalue weighted by molar-refractivity contribution is -0.146. The van der Waals surface area contributed by atoms with E-state index in [0.29, 0.717) is 25.0 Å². The van der Waals surface area contributed by atoms with Crippen LogP contribution in [0.15, 0.2) is 10.6 Å². The number of carbonyl (C=O) groups excluding carboxylic acids is 1. The van der Waals surface area contributed by atoms with Gasteiger partial charge in [-0.25, -0.2) is 0 Å². The molecule has 1 aromatic rings. The van der Waals surface area contributed by atoms with Crippen molar-refractivity contribution < 1.29 is 14.1 Å². The summed E-state index contributed by atoms with van der Waals surface area (Å²) in [5.74, 6) is 1.97. The lowest BCUT2D eigenvalue weighted by Crippen LogP contribution is -2.50. The number of amides is 1. The molecule has 1 aromatic heterocycles. The van der Waals surface area contributed by atoms with Crippen LogP contribution in [0.5, 0.6) is 0 Å². The third-order valence-electron chi connectivity index (χ3n) is 5.76. The monoisotopic (exact) mass is 333 g/mol. The number of carbonyl (C=O) groups is 1. The molecule has 4 rings (SSSR count). The van der Waals surface area contributed by atoms with Crippen molar-refractivity contribution >= 4 is 5.91 Å². The third-order valence-corrected chi connectivity index (χ3v) is 5.76. The van der Waals surface area contributed by atoms with Crippen molar-refractivity contribution in [2.45, 2.75) is 44.6 Å². The maximum atomic E-state index is 13.0. The van der Waals surface area contributed by atoms with Gasteiger partial charge in [0, 0.05) is 45.3 Å². The van der Waals surface area contributed by atoms with Gasteiger partial charge in [0.15, 0.2) is 0 Å². The minimum absolute atomic E-state index is 0.185. The molecule has 1 spiro atoms. The highest BCUT2D eigenvalue weighted by molar-refractivity contribution is 5.84. The number of likely N-dealkylation sites (tertiary alicyclic amines) is 2. The van der Waals surface area contributed by atoms with Gasteiger partial charge in [0.05, 0.1) is 17.7 Å². The van der Waals surface area contributed by atoms with Gasteiger partial charge < -0.3 is 14.2 Å². The summed E-state index contributed by atoms with van der Waals surface area (Å²) < 4.78 is 10.6. The maximum absolute atomic E-state index is 13.0. The number of ether oxygens (including phenoxy) is 1. The normalized spacial score (nSPS) is 28.2. The SMILES string of the molecule is COCCN1CCC[C@]2(CCN(Cc3cc(C4CC4)on3)C2)C1=O. The highest BCUT2D eigenvalue weighted by atomic mass is 16.5. The van der Waals surface area contributed by atoms with E-state index in [-0.39, 0.29) is 5.41 Å². The molecule has 1 aliphatic carbocycles. The first kappa shape index (κ1) is 16.1. The predicted octanol–water partition coefficient (Wildman–Crippen LogP) is 2.01. The fraction of sp³-hybridized carbons (Fsp3) is 0.778. The fourth-order valence-corrected chi connectivity index (χ4v) is 4.23. The first-order valence-corrected chi connectivity index (χ1v) is 9.16. The average molecular weight is 333 g/mol. The van der Waals surface area contributed by atoms with Crippen LogP contribution >= 0.6 is 0 Å². The summed E-state index contributed by atoms with van der Waals surface area (Å²) in [7, 11) is 1.69. The second kappa shape index (κ2) is 6.48. The molecule has 24 heavy (non-hydrogen) atoms. The summed E-state index contributed by atoms with van der Waals surface area (Å²) in [5.41, 5.74) is 0.822. The molecule has 6 heteroatoms. The number of methoxy groups -OCH3 is 1. The molecule has 3 fully saturated rings. The van der Waals surface area contributed by atoms with Crippen LogP contribution in [0.2, 0.25) is 0 Å². The summed E-state index contributed by atoms with van der Waals surface area (Å²) in [5, 5.41) is 4.22. The molecule has 0 radical (unpaired) electrons. The molecule has 6 nitrogen and oxygen atoms in total. The lowest BCUT2D eigenvalue weighted by atomic mass is 9.78. The van der Waals surface area contributed by atoms with Gasteiger partial charge in [-0.15, -0.1) is 0 Å². The minimum Gasteiger partial charge on any atom is -0.383 e. The van der Waals surface area contributed by atoms with E-state index in [2.05, 4.69) is 16.1 Å². The van der Waals surface area contributed by atoms with Gasteiger partial charge in [0.2, 0.25) is 5.91 Å². The van der Waals surface area contributed by atoms with E-state index < -0.39 is 0 Å². The van der Waals surface area contributed by atoms with E-state index in [1.807, 2.05) is 4.90 Å². The third kappa shape index (κ3) is 3.09. The maximum Gasteiger partial charge on any atom is 0.230 e. The zero-order valence-electron chi connectivity index (χ0n) is 14.5. The van der Waals surface area contributed by atoms with Crippen LogP contribution in [-0.4, -0.2) is 60.8 Å². The average Bonchev–Trinajstić information content (AvgIpc) is 3.21. The van der Waals surface area contributed by atoms with Gasteiger partial charge in [-0.1, -0.05) is 5.16 Å². The Morgan fingerprint density at radius 1 is 1.38 bits per heavy atom. The zero-order valence-corrected chi connectivity index (χ0v) is 14.5. The lowest BCUT2D eigenvalue weighted by Gasteiger charge is -2.39. The molecule has 0 bridgehead atoms. The van der Waals surface area contributed by atoms with E-state index in [0.717, 1.165) is 56.9 Å². The second-order valence-electron chi connectivity index (χ2n) is 7.62. The Kier molecular flexibility index (Phi) is 4.35. The van der Waals surface area contributed by atoms with Gasteiger partial charge in [-0.3, -0.25) is 9.69 Å². The quantitative estimate of drug-likeness (QED) is 0.797. The second-order valence-corrected chi connectivity index (χ2v) is 7.62. The molecule has 0 N–H and O–H groups in total. The van der Waals surface area contributed by atoms with Crippen molar-refractivity contribution in [3.63, 3.8) is 0 Å². The largest absolute Gasteiger partial charge is 0.383 e. The number of hydrogen-bond donors (Lipinski definition) is 0. The van der Waals surface area contributed by atoms with Gasteiger partial charge in [-0.05, 0) is 38.6 Å². The minimum atomic E-state index is -0.185. The molecule has 132 valence electrons. The van der Waals surface area contributed by atoms with Crippen molar-refractivity contribution in [1.82, 2.24) is 15.0 Å². The molecule has 1 amide bonds. The van der Waals surface area contributed by atoms with E-state index in [1.165, 1.54) is 12.8 Å². The summed E-state index contributed by atoms with van der Waals surface area (Å²) in [6.45, 7) is 4.82. The van der Waals surface area contributed by atoms with Crippen LogP contribution in [0, 0.1) is 5.41 Å². The van der Waals surface area contributed by atoms with Gasteiger partial charge in [-0.2, -0.15) is 0 Å². The molecular weight excluding hydrogens is 306 g/mol. The molecule has 1 saturated carbocycles. The van der Waals surface area contributed by atoms with E-state index in [1.54, 1.807) is 7.11 Å². The van der Waals surface area contributed by atoms with Gasteiger partial charge in [0.25, 0.3) is 0 Å². The predicted molar refractivity (Wildman–Crippen MR) is 88.5 cm³/mol. The number of aromatic nitrogens is 1. The first-order chi connectivity index (χ1) is 11.7. The van der Waals surface area contributed by atoms with E-state index >= 15 is 0 Å². The Balaban J connectivity index is 1.38. The van der Waals surface area contributed by atoms with Crippen molar-refractivity contribution in [1.29, 1.82) is 0 Å². The van der Waals surface area contributed by atoms with Gasteiger partial charge >= 0.3 is 0 Å². The van der Waals surface area contributed by atoms with Crippen LogP contribution < -0.4 is 0 Å². The van der Waals surface area contributed by atoms with Crippen molar-refractivity contribution in [3.8, 4) is 0 Å². The Hall–Kier alpha value is -1.40. The van der Waals surface area contributed by atoms with Crippen LogP contribution in [0.4, 0.5) is 0 Å². The molecule has 2 saturated heterocycles. The Morgan fingerprint density at radius 3 is 3.04 bits per heavy atom. The molecule has 3 heterocycles. The van der Waals surface area contributed by atoms with Crippen molar-refractivity contribution in [3.05, 3.63) is 17.5 Å². The smallest absolute Gasteiger partial charge is 0.230 e. The standard InChI is InChI=1S/C18H27N3O3/c1-23-10-9-21-7-2-5-18(17(21)22)6-8-20(13-18)12-15-11-16(24-19-15)14-3-4-14/h11,14H,2-10,12-13H2,1H3/t18-/m1/s1. The van der Waals surface area contributed by atoms with E-state index in [4.69, 9.17) is 9.26 Å². The Morgan fingerprint density at radius 2 is 2.25 bits per heavy atom. The zero-order chi connectivity index (χ0) is 16.6. The molecule has 0 unspecified atom stereocenters. The molecular formula is C18H27N3O3. The molecule has 1 atom stereocenters. The van der Waals surface area contributed by atoms with E-state index in [9.17, 15) is 4.79 Å². The number of piperidine rings is 1. The molecule has 2 aliphatic heterocycles. The summed E-state index contributed by atoms with van der Waals surface area (Å²) in [4.78, 5) is 17.3. The summed E-state index contributed by atoms with van der Waals surface area (Å²) in [6, 6.07) is 2.11. The Labute approximate surface area is 143 Å². The van der Waals surface area contributed by atoms with Crippen LogP contribution in [0.25, 0.3) is 0 Å². The van der Waals surface area contributed by atoms with Crippen LogP contribution in [0.3, 0.4) is 0 Å². The number of nitrogens with zero attached hydrogens (tertiary/aromatic N) is 3. The number of rotatable bonds is 6. The molecule has 0 aromatic carbocycles. The summed E-state index contributed by atoms with van der Waals surface area (Å²) >= 11 is 0. The molecule has 3 aliphatic rings. The topological polar surface area (TPSA) is 58.8 Å². The first-order valence-electron chi connectivity index (χ1n) is 9.16. The van der Waals surface area contributed by atoms with Crippen LogP contribution in [-0.2, 0) is 16.1 Å². The van der Waals surface area contributed by atoms with Crippen molar-refractivity contribution in [2.75, 3.05) is 39.9 Å². The Bertz CT molecular complexity index is 598. The highest BCUT2D eigenvalue weighted by Crippen LogP contribution is 2.42. The summed E-state index contributed by atoms with van der Waals surface area (Å²) in [6.07, 6.45) is 5.53. The highest BCUT2D eigenvalue weighted by Gasteiger charge is 2.48.